The topological polar surface area (TPSA) is 72.8 Å². The van der Waals surface area contributed by atoms with E-state index in [1.165, 1.54) is 0 Å². The summed E-state index contributed by atoms with van der Waals surface area (Å²) in [7, 11) is 0. The second-order valence-corrected chi connectivity index (χ2v) is 11.1. The quantitative estimate of drug-likeness (QED) is 0.214. The Morgan fingerprint density at radius 1 is 0.676 bits per heavy atom. The second-order valence-electron chi connectivity index (χ2n) is 11.1. The number of ether oxygens (including phenoxy) is 2. The Hall–Kier alpha value is -3.86. The zero-order valence-corrected chi connectivity index (χ0v) is 22.7. The van der Waals surface area contributed by atoms with E-state index in [0.29, 0.717) is 17.9 Å². The van der Waals surface area contributed by atoms with Crippen molar-refractivity contribution < 1.29 is 24.2 Å². The molecule has 1 N–H and O–H groups in total. The van der Waals surface area contributed by atoms with Gasteiger partial charge in [0, 0.05) is 0 Å². The van der Waals surface area contributed by atoms with Crippen molar-refractivity contribution in [3.63, 3.8) is 0 Å². The monoisotopic (exact) mass is 500 g/mol. The fourth-order valence-corrected chi connectivity index (χ4v) is 3.63. The minimum atomic E-state index is -0.605. The lowest BCUT2D eigenvalue weighted by Crippen LogP contribution is -2.25. The number of rotatable bonds is 6. The van der Waals surface area contributed by atoms with Crippen molar-refractivity contribution in [2.45, 2.75) is 54.9 Å². The predicted octanol–water partition coefficient (Wildman–Crippen LogP) is 7.66. The van der Waals surface area contributed by atoms with Crippen molar-refractivity contribution in [2.24, 2.45) is 10.8 Å². The smallest absolute Gasteiger partial charge is 0.316 e. The van der Waals surface area contributed by atoms with Crippen molar-refractivity contribution in [3.8, 4) is 17.2 Å². The fourth-order valence-electron chi connectivity index (χ4n) is 3.63. The highest BCUT2D eigenvalue weighted by atomic mass is 16.5. The molecule has 0 heterocycles. The molecule has 194 valence electrons. The molecular formula is C32H36O5. The Morgan fingerprint density at radius 3 is 1.46 bits per heavy atom. The third kappa shape index (κ3) is 7.10. The van der Waals surface area contributed by atoms with E-state index in [1.54, 1.807) is 36.4 Å². The molecule has 5 nitrogen and oxygen atoms in total. The maximum absolute atomic E-state index is 12.3. The SMILES string of the molecule is CCC(=C(c1ccc(OC(=O)C(C)(C)C)cc1)c1ccc(OC(=O)C(C)(C)C)cc1)c1cccc(O)c1. The van der Waals surface area contributed by atoms with Crippen molar-refractivity contribution >= 4 is 23.1 Å². The number of hydrogen-bond donors (Lipinski definition) is 1. The summed E-state index contributed by atoms with van der Waals surface area (Å²) in [5.41, 5.74) is 3.55. The summed E-state index contributed by atoms with van der Waals surface area (Å²) < 4.78 is 11.1. The van der Waals surface area contributed by atoms with Crippen LogP contribution in [0.15, 0.2) is 72.8 Å². The molecule has 0 atom stereocenters. The van der Waals surface area contributed by atoms with Crippen LogP contribution in [-0.2, 0) is 9.59 Å². The number of phenolic OH excluding ortho intramolecular Hbond substituents is 1. The van der Waals surface area contributed by atoms with Crippen molar-refractivity contribution in [1.29, 1.82) is 0 Å². The molecule has 3 aromatic rings. The highest BCUT2D eigenvalue weighted by molar-refractivity contribution is 5.99. The number of hydrogen-bond acceptors (Lipinski definition) is 5. The molecule has 0 aliphatic carbocycles. The van der Waals surface area contributed by atoms with Gasteiger partial charge in [-0.05, 0) is 112 Å². The van der Waals surface area contributed by atoms with Gasteiger partial charge < -0.3 is 14.6 Å². The first-order valence-corrected chi connectivity index (χ1v) is 12.5. The van der Waals surface area contributed by atoms with Crippen LogP contribution in [0.4, 0.5) is 0 Å². The summed E-state index contributed by atoms with van der Waals surface area (Å²) in [5.74, 6) is 0.540. The molecule has 0 aliphatic rings. The van der Waals surface area contributed by atoms with E-state index in [-0.39, 0.29) is 17.7 Å². The molecule has 5 heteroatoms. The first kappa shape index (κ1) is 27.7. The highest BCUT2D eigenvalue weighted by Crippen LogP contribution is 2.37. The van der Waals surface area contributed by atoms with E-state index in [9.17, 15) is 14.7 Å². The molecular weight excluding hydrogens is 464 g/mol. The summed E-state index contributed by atoms with van der Waals surface area (Å²) in [6.07, 6.45) is 0.709. The summed E-state index contributed by atoms with van der Waals surface area (Å²) in [4.78, 5) is 24.6. The standard InChI is InChI=1S/C32H36O5/c1-8-27(23-10-9-11-24(33)20-23)28(21-12-16-25(17-13-21)36-29(34)31(2,3)4)22-14-18-26(19-15-22)37-30(35)32(5,6)7/h9-20,33H,8H2,1-7H3. The Morgan fingerprint density at radius 2 is 1.11 bits per heavy atom. The molecule has 0 fully saturated rings. The van der Waals surface area contributed by atoms with E-state index >= 15 is 0 Å². The average Bonchev–Trinajstić information content (AvgIpc) is 2.82. The third-order valence-corrected chi connectivity index (χ3v) is 5.78. The first-order chi connectivity index (χ1) is 17.3. The van der Waals surface area contributed by atoms with E-state index in [4.69, 9.17) is 9.47 Å². The molecule has 3 aromatic carbocycles. The summed E-state index contributed by atoms with van der Waals surface area (Å²) in [6, 6.07) is 22.0. The van der Waals surface area contributed by atoms with E-state index in [2.05, 4.69) is 6.92 Å². The van der Waals surface area contributed by atoms with Gasteiger partial charge in [0.1, 0.15) is 17.2 Å². The van der Waals surface area contributed by atoms with Crippen molar-refractivity contribution in [3.05, 3.63) is 89.5 Å². The zero-order chi connectivity index (χ0) is 27.4. The number of allylic oxidation sites excluding steroid dienone is 1. The van der Waals surface area contributed by atoms with E-state index < -0.39 is 10.8 Å². The van der Waals surface area contributed by atoms with Crippen LogP contribution in [0.3, 0.4) is 0 Å². The van der Waals surface area contributed by atoms with Crippen molar-refractivity contribution in [2.75, 3.05) is 0 Å². The van der Waals surface area contributed by atoms with Gasteiger partial charge in [0.15, 0.2) is 0 Å². The van der Waals surface area contributed by atoms with Gasteiger partial charge in [-0.15, -0.1) is 0 Å². The lowest BCUT2D eigenvalue weighted by Gasteiger charge is -2.19. The van der Waals surface area contributed by atoms with Crippen LogP contribution in [-0.4, -0.2) is 17.0 Å². The Labute approximate surface area is 219 Å². The molecule has 0 radical (unpaired) electrons. The molecule has 0 aliphatic heterocycles. The van der Waals surface area contributed by atoms with Crippen LogP contribution >= 0.6 is 0 Å². The molecule has 0 bridgehead atoms. The lowest BCUT2D eigenvalue weighted by molar-refractivity contribution is -0.143. The van der Waals surface area contributed by atoms with Crippen LogP contribution in [0.25, 0.3) is 11.1 Å². The molecule has 0 spiro atoms. The maximum atomic E-state index is 12.3. The van der Waals surface area contributed by atoms with Crippen LogP contribution in [0.2, 0.25) is 0 Å². The highest BCUT2D eigenvalue weighted by Gasteiger charge is 2.25. The van der Waals surface area contributed by atoms with Crippen LogP contribution < -0.4 is 9.47 Å². The first-order valence-electron chi connectivity index (χ1n) is 12.5. The largest absolute Gasteiger partial charge is 0.508 e. The second kappa shape index (κ2) is 11.0. The fraction of sp³-hybridized carbons (Fsp3) is 0.312. The van der Waals surface area contributed by atoms with Gasteiger partial charge in [0.25, 0.3) is 0 Å². The van der Waals surface area contributed by atoms with Gasteiger partial charge in [-0.3, -0.25) is 9.59 Å². The molecule has 0 saturated carbocycles. The molecule has 0 aromatic heterocycles. The molecule has 37 heavy (non-hydrogen) atoms. The Bertz CT molecular complexity index is 1210. The van der Waals surface area contributed by atoms with E-state index in [0.717, 1.165) is 27.8 Å². The number of benzene rings is 3. The summed E-state index contributed by atoms with van der Waals surface area (Å²) >= 11 is 0. The van der Waals surface area contributed by atoms with Gasteiger partial charge >= 0.3 is 11.9 Å². The summed E-state index contributed by atoms with van der Waals surface area (Å²) in [6.45, 7) is 13.0. The predicted molar refractivity (Wildman–Crippen MR) is 147 cm³/mol. The molecule has 0 amide bonds. The number of phenols is 1. The summed E-state index contributed by atoms with van der Waals surface area (Å²) in [5, 5.41) is 10.1. The molecule has 0 unspecified atom stereocenters. The maximum Gasteiger partial charge on any atom is 0.316 e. The normalized spacial score (nSPS) is 11.5. The van der Waals surface area contributed by atoms with Gasteiger partial charge in [0.2, 0.25) is 0 Å². The van der Waals surface area contributed by atoms with Crippen LogP contribution in [0.5, 0.6) is 17.2 Å². The van der Waals surface area contributed by atoms with E-state index in [1.807, 2.05) is 77.9 Å². The van der Waals surface area contributed by atoms with Gasteiger partial charge in [-0.1, -0.05) is 43.3 Å². The van der Waals surface area contributed by atoms with Crippen molar-refractivity contribution in [1.82, 2.24) is 0 Å². The third-order valence-electron chi connectivity index (χ3n) is 5.78. The Balaban J connectivity index is 2.07. The number of carbonyl (C=O) groups excluding carboxylic acids is 2. The average molecular weight is 501 g/mol. The van der Waals surface area contributed by atoms with Gasteiger partial charge in [0.05, 0.1) is 10.8 Å². The molecule has 0 saturated heterocycles. The number of esters is 2. The van der Waals surface area contributed by atoms with Gasteiger partial charge in [-0.2, -0.15) is 0 Å². The van der Waals surface area contributed by atoms with Gasteiger partial charge in [-0.25, -0.2) is 0 Å². The van der Waals surface area contributed by atoms with Crippen LogP contribution in [0, 0.1) is 10.8 Å². The lowest BCUT2D eigenvalue weighted by atomic mass is 9.88. The molecule has 3 rings (SSSR count). The number of carbonyl (C=O) groups is 2. The minimum absolute atomic E-state index is 0.191. The Kier molecular flexibility index (Phi) is 8.27. The number of aromatic hydroxyl groups is 1. The minimum Gasteiger partial charge on any atom is -0.508 e. The zero-order valence-electron chi connectivity index (χ0n) is 22.7. The van der Waals surface area contributed by atoms with Crippen LogP contribution in [0.1, 0.15) is 71.6 Å².